The lowest BCUT2D eigenvalue weighted by Gasteiger charge is -2.33. The molecule has 1 unspecified atom stereocenters. The van der Waals surface area contributed by atoms with Gasteiger partial charge in [0.05, 0.1) is 11.3 Å². The molecule has 1 aromatic carbocycles. The minimum atomic E-state index is -0.312. The van der Waals surface area contributed by atoms with Crippen molar-refractivity contribution < 1.29 is 9.18 Å². The molecule has 1 aliphatic rings. The van der Waals surface area contributed by atoms with Crippen molar-refractivity contribution in [3.8, 4) is 22.5 Å². The fraction of sp³-hybridized carbons (Fsp3) is 0.200. The van der Waals surface area contributed by atoms with Gasteiger partial charge in [-0.2, -0.15) is 11.3 Å². The second-order valence-corrected chi connectivity index (χ2v) is 8.60. The summed E-state index contributed by atoms with van der Waals surface area (Å²) in [5, 5.41) is 3.79. The van der Waals surface area contributed by atoms with E-state index in [9.17, 15) is 9.18 Å². The number of amides is 1. The molecule has 0 saturated carbocycles. The average Bonchev–Trinajstić information content (AvgIpc) is 3.39. The Balaban J connectivity index is 1.56. The first-order valence-electron chi connectivity index (χ1n) is 10.5. The third-order valence-corrected chi connectivity index (χ3v) is 6.45. The summed E-state index contributed by atoms with van der Waals surface area (Å²) >= 11 is 1.51. The number of thiophene rings is 1. The molecule has 4 aromatic rings. The number of likely N-dealkylation sites (tertiary alicyclic amines) is 1. The van der Waals surface area contributed by atoms with Crippen LogP contribution in [-0.2, 0) is 0 Å². The van der Waals surface area contributed by atoms with Crippen LogP contribution in [0.3, 0.4) is 0 Å². The molecule has 3 aromatic heterocycles. The van der Waals surface area contributed by atoms with Gasteiger partial charge in [0.25, 0.3) is 5.91 Å². The molecule has 0 spiro atoms. The van der Waals surface area contributed by atoms with Gasteiger partial charge in [-0.3, -0.25) is 9.78 Å². The highest BCUT2D eigenvalue weighted by Crippen LogP contribution is 2.35. The molecule has 0 radical (unpaired) electrons. The molecule has 1 fully saturated rings. The molecule has 1 saturated heterocycles. The zero-order valence-corrected chi connectivity index (χ0v) is 18.1. The van der Waals surface area contributed by atoms with Crippen molar-refractivity contribution in [3.63, 3.8) is 0 Å². The molecule has 1 amide bonds. The molecule has 1 atom stereocenters. The van der Waals surface area contributed by atoms with E-state index < -0.39 is 0 Å². The van der Waals surface area contributed by atoms with Crippen molar-refractivity contribution in [1.82, 2.24) is 19.9 Å². The average molecular weight is 445 g/mol. The summed E-state index contributed by atoms with van der Waals surface area (Å²) in [5.41, 5.74) is 3.43. The molecule has 0 aliphatic carbocycles. The number of carbonyl (C=O) groups is 1. The smallest absolute Gasteiger partial charge is 0.254 e. The predicted molar refractivity (Wildman–Crippen MR) is 123 cm³/mol. The maximum atomic E-state index is 14.7. The van der Waals surface area contributed by atoms with Crippen LogP contribution in [0.1, 0.15) is 34.8 Å². The number of aromatic nitrogens is 3. The number of pyridine rings is 1. The van der Waals surface area contributed by atoms with Gasteiger partial charge in [0.15, 0.2) is 5.82 Å². The Morgan fingerprint density at radius 2 is 2.00 bits per heavy atom. The fourth-order valence-corrected chi connectivity index (χ4v) is 4.81. The van der Waals surface area contributed by atoms with Crippen molar-refractivity contribution in [2.24, 2.45) is 0 Å². The summed E-state index contributed by atoms with van der Waals surface area (Å²) in [5.74, 6) is 0.257. The van der Waals surface area contributed by atoms with Crippen molar-refractivity contribution in [2.75, 3.05) is 13.1 Å². The van der Waals surface area contributed by atoms with Gasteiger partial charge in [0.1, 0.15) is 5.82 Å². The second kappa shape index (κ2) is 8.96. The number of halogens is 1. The minimum Gasteiger partial charge on any atom is -0.338 e. The maximum Gasteiger partial charge on any atom is 0.254 e. The standard InChI is InChI=1S/C25H21FN4OS/c26-22-8-2-1-7-20(22)21-14-28-24(17-5-3-10-27-13-17)29-23(21)18-6-4-11-30(15-18)25(31)19-9-12-32-16-19/h1-3,5,7-10,12-14,16,18H,4,6,11,15H2. The maximum absolute atomic E-state index is 14.7. The van der Waals surface area contributed by atoms with E-state index >= 15 is 0 Å². The zero-order chi connectivity index (χ0) is 21.9. The molecule has 4 heterocycles. The van der Waals surface area contributed by atoms with E-state index in [0.717, 1.165) is 24.1 Å². The Bertz CT molecular complexity index is 1230. The molecule has 5 nitrogen and oxygen atoms in total. The van der Waals surface area contributed by atoms with Gasteiger partial charge in [0, 0.05) is 59.7 Å². The third kappa shape index (κ3) is 4.03. The van der Waals surface area contributed by atoms with Gasteiger partial charge >= 0.3 is 0 Å². The summed E-state index contributed by atoms with van der Waals surface area (Å²) in [7, 11) is 0. The fourth-order valence-electron chi connectivity index (χ4n) is 4.18. The largest absolute Gasteiger partial charge is 0.338 e. The van der Waals surface area contributed by atoms with Crippen molar-refractivity contribution in [3.05, 3.63) is 88.9 Å². The molecule has 32 heavy (non-hydrogen) atoms. The van der Waals surface area contributed by atoms with E-state index in [4.69, 9.17) is 4.98 Å². The summed E-state index contributed by atoms with van der Waals surface area (Å²) < 4.78 is 14.7. The minimum absolute atomic E-state index is 0.0145. The number of hydrogen-bond acceptors (Lipinski definition) is 5. The zero-order valence-electron chi connectivity index (χ0n) is 17.3. The lowest BCUT2D eigenvalue weighted by Crippen LogP contribution is -2.39. The number of hydrogen-bond donors (Lipinski definition) is 0. The molecule has 0 N–H and O–H groups in total. The number of rotatable bonds is 4. The Hall–Kier alpha value is -3.45. The number of benzene rings is 1. The monoisotopic (exact) mass is 444 g/mol. The van der Waals surface area contributed by atoms with Gasteiger partial charge in [-0.05, 0) is 42.5 Å². The lowest BCUT2D eigenvalue weighted by atomic mass is 9.89. The first-order valence-corrected chi connectivity index (χ1v) is 11.5. The third-order valence-electron chi connectivity index (χ3n) is 5.77. The normalized spacial score (nSPS) is 16.2. The van der Waals surface area contributed by atoms with Crippen molar-refractivity contribution in [1.29, 1.82) is 0 Å². The second-order valence-electron chi connectivity index (χ2n) is 7.82. The Kier molecular flexibility index (Phi) is 5.73. The molecular formula is C25H21FN4OS. The SMILES string of the molecule is O=C(c1ccsc1)N1CCCC(c2nc(-c3cccnc3)ncc2-c2ccccc2F)C1. The molecular weight excluding hydrogens is 423 g/mol. The van der Waals surface area contributed by atoms with E-state index in [1.165, 1.54) is 17.4 Å². The van der Waals surface area contributed by atoms with Gasteiger partial charge in [-0.25, -0.2) is 14.4 Å². The van der Waals surface area contributed by atoms with Crippen LogP contribution in [0.2, 0.25) is 0 Å². The molecule has 5 rings (SSSR count). The van der Waals surface area contributed by atoms with Gasteiger partial charge in [0.2, 0.25) is 0 Å². The number of nitrogens with zero attached hydrogens (tertiary/aromatic N) is 4. The van der Waals surface area contributed by atoms with Crippen LogP contribution in [0.25, 0.3) is 22.5 Å². The summed E-state index contributed by atoms with van der Waals surface area (Å²) in [6, 6.07) is 12.3. The molecule has 7 heteroatoms. The van der Waals surface area contributed by atoms with Gasteiger partial charge < -0.3 is 4.90 Å². The Morgan fingerprint density at radius 1 is 1.09 bits per heavy atom. The van der Waals surface area contributed by atoms with Crippen LogP contribution in [-0.4, -0.2) is 38.8 Å². The Morgan fingerprint density at radius 3 is 2.78 bits per heavy atom. The summed E-state index contributed by atoms with van der Waals surface area (Å²) in [6.07, 6.45) is 6.85. The highest BCUT2D eigenvalue weighted by molar-refractivity contribution is 7.08. The molecule has 1 aliphatic heterocycles. The van der Waals surface area contributed by atoms with Gasteiger partial charge in [-0.1, -0.05) is 18.2 Å². The first kappa shape index (κ1) is 20.5. The van der Waals surface area contributed by atoms with E-state index in [1.807, 2.05) is 39.9 Å². The van der Waals surface area contributed by atoms with Crippen LogP contribution in [0, 0.1) is 5.82 Å². The quantitative estimate of drug-likeness (QED) is 0.421. The Labute approximate surface area is 189 Å². The van der Waals surface area contributed by atoms with E-state index in [0.29, 0.717) is 35.6 Å². The van der Waals surface area contributed by atoms with E-state index in [-0.39, 0.29) is 17.6 Å². The first-order chi connectivity index (χ1) is 15.7. The van der Waals surface area contributed by atoms with Crippen molar-refractivity contribution in [2.45, 2.75) is 18.8 Å². The predicted octanol–water partition coefficient (Wildman–Crippen LogP) is 5.43. The summed E-state index contributed by atoms with van der Waals surface area (Å²) in [6.45, 7) is 1.25. The summed E-state index contributed by atoms with van der Waals surface area (Å²) in [4.78, 5) is 28.4. The molecule has 160 valence electrons. The highest BCUT2D eigenvalue weighted by Gasteiger charge is 2.29. The van der Waals surface area contributed by atoms with Crippen LogP contribution >= 0.6 is 11.3 Å². The van der Waals surface area contributed by atoms with E-state index in [2.05, 4.69) is 9.97 Å². The lowest BCUT2D eigenvalue weighted by molar-refractivity contribution is 0.0706. The number of carbonyl (C=O) groups excluding carboxylic acids is 1. The van der Waals surface area contributed by atoms with E-state index in [1.54, 1.807) is 30.7 Å². The highest BCUT2D eigenvalue weighted by atomic mass is 32.1. The van der Waals surface area contributed by atoms with Crippen LogP contribution < -0.4 is 0 Å². The molecule has 0 bridgehead atoms. The van der Waals surface area contributed by atoms with Gasteiger partial charge in [-0.15, -0.1) is 0 Å². The van der Waals surface area contributed by atoms with Crippen LogP contribution in [0.5, 0.6) is 0 Å². The topological polar surface area (TPSA) is 59.0 Å². The van der Waals surface area contributed by atoms with Crippen molar-refractivity contribution >= 4 is 17.2 Å². The van der Waals surface area contributed by atoms with Crippen LogP contribution in [0.15, 0.2) is 71.8 Å². The number of piperidine rings is 1. The van der Waals surface area contributed by atoms with Crippen LogP contribution in [0.4, 0.5) is 4.39 Å².